The second-order valence-corrected chi connectivity index (χ2v) is 14.4. The van der Waals surface area contributed by atoms with E-state index in [2.05, 4.69) is 23.8 Å². The summed E-state index contributed by atoms with van der Waals surface area (Å²) >= 11 is 0. The lowest BCUT2D eigenvalue weighted by Crippen LogP contribution is -2.39. The first-order valence-corrected chi connectivity index (χ1v) is 16.5. The molecule has 8 heteroatoms. The molecule has 0 aromatic heterocycles. The highest BCUT2D eigenvalue weighted by Gasteiger charge is 2.39. The average molecular weight is 615 g/mol. The molecular formula is C36H42N2O5S. The molecule has 3 aromatic rings. The number of ether oxygens (including phenoxy) is 1. The Labute approximate surface area is 261 Å². The summed E-state index contributed by atoms with van der Waals surface area (Å²) in [5.74, 6) is -1.11. The molecule has 5 rings (SSSR count). The SMILES string of the molecule is CC1=CC=C(c2c(C)c3c(c(C)c2C(OC(C)(C)C)C(=O)O)NS(=O)(=O)N(C(c2ccccc2)c2ccccc2)CC3)CC1. The summed E-state index contributed by atoms with van der Waals surface area (Å²) in [4.78, 5) is 12.8. The molecule has 0 fully saturated rings. The number of hydrogen-bond acceptors (Lipinski definition) is 4. The van der Waals surface area contributed by atoms with Gasteiger partial charge in [-0.3, -0.25) is 4.72 Å². The van der Waals surface area contributed by atoms with Gasteiger partial charge in [0.1, 0.15) is 0 Å². The molecule has 2 N–H and O–H groups in total. The van der Waals surface area contributed by atoms with Crippen molar-refractivity contribution in [1.82, 2.24) is 4.31 Å². The van der Waals surface area contributed by atoms with Gasteiger partial charge in [0.2, 0.25) is 0 Å². The van der Waals surface area contributed by atoms with Crippen LogP contribution in [0.15, 0.2) is 78.4 Å². The number of carbonyl (C=O) groups is 1. The van der Waals surface area contributed by atoms with E-state index in [1.807, 2.05) is 95.3 Å². The van der Waals surface area contributed by atoms with Gasteiger partial charge in [0.05, 0.1) is 17.3 Å². The first-order chi connectivity index (χ1) is 20.8. The monoisotopic (exact) mass is 614 g/mol. The summed E-state index contributed by atoms with van der Waals surface area (Å²) in [5, 5.41) is 10.5. The van der Waals surface area contributed by atoms with E-state index >= 15 is 0 Å². The molecular weight excluding hydrogens is 572 g/mol. The van der Waals surface area contributed by atoms with Gasteiger partial charge in [0, 0.05) is 12.1 Å². The van der Waals surface area contributed by atoms with Crippen LogP contribution in [-0.4, -0.2) is 35.9 Å². The molecule has 1 aliphatic carbocycles. The smallest absolute Gasteiger partial charge is 0.337 e. The zero-order chi connectivity index (χ0) is 31.8. The molecule has 7 nitrogen and oxygen atoms in total. The van der Waals surface area contributed by atoms with E-state index in [1.54, 1.807) is 0 Å². The minimum atomic E-state index is -4.08. The van der Waals surface area contributed by atoms with Crippen molar-refractivity contribution >= 4 is 27.4 Å². The van der Waals surface area contributed by atoms with Crippen molar-refractivity contribution in [2.24, 2.45) is 0 Å². The molecule has 3 aromatic carbocycles. The summed E-state index contributed by atoms with van der Waals surface area (Å²) in [6.07, 6.45) is 4.95. The fourth-order valence-electron chi connectivity index (χ4n) is 6.41. The summed E-state index contributed by atoms with van der Waals surface area (Å²) in [6, 6.07) is 18.8. The van der Waals surface area contributed by atoms with E-state index in [1.165, 1.54) is 9.88 Å². The molecule has 1 unspecified atom stereocenters. The number of nitrogens with one attached hydrogen (secondary N) is 1. The standard InChI is InChI=1S/C36H42N2O5S/c1-23-17-19-26(20-18-23)30-24(2)29-21-22-38(33(27-13-9-7-10-14-27)28-15-11-8-12-16-28)44(41,42)37-32(29)25(3)31(30)34(35(39)40)43-36(4,5)6/h7-17,19,33-34,37H,18,20-22H2,1-6H3,(H,39,40). The second-order valence-electron chi connectivity index (χ2n) is 12.7. The quantitative estimate of drug-likeness (QED) is 0.285. The number of anilines is 1. The number of benzene rings is 3. The maximum Gasteiger partial charge on any atom is 0.337 e. The van der Waals surface area contributed by atoms with Crippen LogP contribution in [0.5, 0.6) is 0 Å². The van der Waals surface area contributed by atoms with Crippen molar-refractivity contribution in [3.05, 3.63) is 117 Å². The van der Waals surface area contributed by atoms with Crippen LogP contribution in [0.25, 0.3) is 5.57 Å². The summed E-state index contributed by atoms with van der Waals surface area (Å²) in [7, 11) is -4.08. The van der Waals surface area contributed by atoms with Gasteiger partial charge in [-0.1, -0.05) is 78.4 Å². The van der Waals surface area contributed by atoms with Gasteiger partial charge in [-0.25, -0.2) is 4.79 Å². The molecule has 0 radical (unpaired) electrons. The van der Waals surface area contributed by atoms with E-state index in [9.17, 15) is 18.3 Å². The molecule has 2 aliphatic rings. The predicted octanol–water partition coefficient (Wildman–Crippen LogP) is 7.67. The number of nitrogens with zero attached hydrogens (tertiary/aromatic N) is 1. The number of aliphatic carboxylic acids is 1. The van der Waals surface area contributed by atoms with Crippen LogP contribution >= 0.6 is 0 Å². The van der Waals surface area contributed by atoms with Crippen LogP contribution in [-0.2, 0) is 26.2 Å². The Bertz CT molecular complexity index is 1680. The largest absolute Gasteiger partial charge is 0.479 e. The minimum absolute atomic E-state index is 0.245. The van der Waals surface area contributed by atoms with Crippen LogP contribution in [0.3, 0.4) is 0 Å². The van der Waals surface area contributed by atoms with E-state index in [0.29, 0.717) is 23.2 Å². The third-order valence-electron chi connectivity index (χ3n) is 8.46. The molecule has 232 valence electrons. The van der Waals surface area contributed by atoms with Gasteiger partial charge in [0.15, 0.2) is 6.10 Å². The van der Waals surface area contributed by atoms with Crippen LogP contribution < -0.4 is 4.72 Å². The topological polar surface area (TPSA) is 95.9 Å². The van der Waals surface area contributed by atoms with Gasteiger partial charge in [-0.2, -0.15) is 12.7 Å². The van der Waals surface area contributed by atoms with Gasteiger partial charge < -0.3 is 9.84 Å². The van der Waals surface area contributed by atoms with Gasteiger partial charge in [0.25, 0.3) is 0 Å². The Morgan fingerprint density at radius 3 is 1.98 bits per heavy atom. The average Bonchev–Trinajstić information content (AvgIpc) is 3.11. The first-order valence-electron chi connectivity index (χ1n) is 15.1. The molecule has 0 amide bonds. The summed E-state index contributed by atoms with van der Waals surface area (Å²) < 4.78 is 39.3. The normalized spacial score (nSPS) is 17.6. The van der Waals surface area contributed by atoms with E-state index in [0.717, 1.165) is 46.2 Å². The van der Waals surface area contributed by atoms with Crippen LogP contribution in [0.2, 0.25) is 0 Å². The van der Waals surface area contributed by atoms with Gasteiger partial charge in [-0.05, 0) is 99.8 Å². The first kappa shape index (κ1) is 31.7. The van der Waals surface area contributed by atoms with E-state index in [4.69, 9.17) is 4.74 Å². The van der Waals surface area contributed by atoms with Crippen molar-refractivity contribution in [3.63, 3.8) is 0 Å². The number of allylic oxidation sites excluding steroid dienone is 4. The highest BCUT2D eigenvalue weighted by Crippen LogP contribution is 2.45. The fourth-order valence-corrected chi connectivity index (χ4v) is 7.91. The maximum absolute atomic E-state index is 14.3. The minimum Gasteiger partial charge on any atom is -0.479 e. The summed E-state index contributed by atoms with van der Waals surface area (Å²) in [5.41, 5.74) is 7.39. The summed E-state index contributed by atoms with van der Waals surface area (Å²) in [6.45, 7) is 11.6. The van der Waals surface area contributed by atoms with Crippen molar-refractivity contribution < 1.29 is 23.1 Å². The molecule has 1 aliphatic heterocycles. The van der Waals surface area contributed by atoms with Crippen molar-refractivity contribution in [2.45, 2.75) is 78.6 Å². The van der Waals surface area contributed by atoms with Crippen LogP contribution in [0.4, 0.5) is 5.69 Å². The Morgan fingerprint density at radius 1 is 0.886 bits per heavy atom. The predicted molar refractivity (Wildman–Crippen MR) is 176 cm³/mol. The Balaban J connectivity index is 1.72. The number of fused-ring (bicyclic) bond motifs is 1. The lowest BCUT2D eigenvalue weighted by molar-refractivity contribution is -0.160. The van der Waals surface area contributed by atoms with Crippen LogP contribution in [0, 0.1) is 13.8 Å². The Morgan fingerprint density at radius 2 is 1.48 bits per heavy atom. The van der Waals surface area contributed by atoms with Gasteiger partial charge >= 0.3 is 16.2 Å². The lowest BCUT2D eigenvalue weighted by Gasteiger charge is -2.32. The zero-order valence-electron chi connectivity index (χ0n) is 26.3. The highest BCUT2D eigenvalue weighted by atomic mass is 32.2. The fraction of sp³-hybridized carbons (Fsp3) is 0.361. The number of rotatable bonds is 7. The maximum atomic E-state index is 14.3. The van der Waals surface area contributed by atoms with Crippen molar-refractivity contribution in [2.75, 3.05) is 11.3 Å². The number of hydrogen-bond donors (Lipinski definition) is 2. The Hall–Kier alpha value is -3.72. The molecule has 0 saturated carbocycles. The third-order valence-corrected chi connectivity index (χ3v) is 9.93. The molecule has 1 atom stereocenters. The van der Waals surface area contributed by atoms with Crippen molar-refractivity contribution in [1.29, 1.82) is 0 Å². The molecule has 0 spiro atoms. The molecule has 0 bridgehead atoms. The van der Waals surface area contributed by atoms with E-state index < -0.39 is 33.9 Å². The van der Waals surface area contributed by atoms with Crippen molar-refractivity contribution in [3.8, 4) is 0 Å². The number of carboxylic acids is 1. The zero-order valence-corrected chi connectivity index (χ0v) is 27.2. The lowest BCUT2D eigenvalue weighted by atomic mass is 9.80. The molecule has 1 heterocycles. The van der Waals surface area contributed by atoms with Crippen LogP contribution in [0.1, 0.15) is 91.6 Å². The number of carboxylic acid groups (broad SMARTS) is 1. The second kappa shape index (κ2) is 12.3. The molecule has 0 saturated heterocycles. The highest BCUT2D eigenvalue weighted by molar-refractivity contribution is 7.90. The third kappa shape index (κ3) is 6.39. The van der Waals surface area contributed by atoms with Gasteiger partial charge in [-0.15, -0.1) is 0 Å². The Kier molecular flexibility index (Phi) is 8.89. The van der Waals surface area contributed by atoms with E-state index in [-0.39, 0.29) is 6.54 Å². The molecule has 44 heavy (non-hydrogen) atoms.